The number of hydrogen-bond acceptors (Lipinski definition) is 3. The van der Waals surface area contributed by atoms with Gasteiger partial charge in [-0.25, -0.2) is 9.37 Å². The van der Waals surface area contributed by atoms with Crippen LogP contribution in [0.25, 0.3) is 0 Å². The second kappa shape index (κ2) is 5.00. The monoisotopic (exact) mass is 238 g/mol. The van der Waals surface area contributed by atoms with Crippen molar-refractivity contribution in [2.24, 2.45) is 5.92 Å². The summed E-state index contributed by atoms with van der Waals surface area (Å²) in [6.45, 7) is 2.65. The number of aliphatic hydroxyl groups is 1. The first kappa shape index (κ1) is 12.3. The average molecular weight is 238 g/mol. The molecule has 2 unspecified atom stereocenters. The van der Waals surface area contributed by atoms with Crippen LogP contribution >= 0.6 is 0 Å². The van der Waals surface area contributed by atoms with Crippen LogP contribution in [0.1, 0.15) is 32.6 Å². The topological polar surface area (TPSA) is 45.1 Å². The Morgan fingerprint density at radius 2 is 2.41 bits per heavy atom. The van der Waals surface area contributed by atoms with Crippen molar-refractivity contribution in [3.8, 4) is 0 Å². The third-order valence-electron chi connectivity index (χ3n) is 3.39. The van der Waals surface area contributed by atoms with Crippen molar-refractivity contribution >= 4 is 5.82 Å². The standard InChI is InChI=1S/C13H19FN2O/c1-10-3-2-6-13(17,7-10)9-16-12-5-4-11(14)8-15-12/h4-5,8,10,17H,2-3,6-7,9H2,1H3,(H,15,16). The zero-order valence-corrected chi connectivity index (χ0v) is 10.1. The van der Waals surface area contributed by atoms with Crippen LogP contribution in [0.3, 0.4) is 0 Å². The summed E-state index contributed by atoms with van der Waals surface area (Å²) in [5.41, 5.74) is -0.645. The van der Waals surface area contributed by atoms with E-state index in [0.717, 1.165) is 19.3 Å². The lowest BCUT2D eigenvalue weighted by Gasteiger charge is -2.35. The van der Waals surface area contributed by atoms with E-state index in [0.29, 0.717) is 18.3 Å². The van der Waals surface area contributed by atoms with Crippen molar-refractivity contribution in [1.82, 2.24) is 4.98 Å². The highest BCUT2D eigenvalue weighted by Gasteiger charge is 2.32. The molecule has 2 N–H and O–H groups in total. The smallest absolute Gasteiger partial charge is 0.141 e. The number of halogens is 1. The molecule has 1 saturated carbocycles. The minimum absolute atomic E-state index is 0.347. The first-order valence-electron chi connectivity index (χ1n) is 6.15. The summed E-state index contributed by atoms with van der Waals surface area (Å²) in [6.07, 6.45) is 5.08. The molecule has 1 aromatic rings. The molecule has 0 bridgehead atoms. The molecule has 0 aliphatic heterocycles. The van der Waals surface area contributed by atoms with E-state index in [9.17, 15) is 9.50 Å². The lowest BCUT2D eigenvalue weighted by atomic mass is 9.79. The second-order valence-electron chi connectivity index (χ2n) is 5.14. The number of anilines is 1. The van der Waals surface area contributed by atoms with Gasteiger partial charge in [0.15, 0.2) is 0 Å². The summed E-state index contributed by atoms with van der Waals surface area (Å²) < 4.78 is 12.7. The molecule has 1 aliphatic rings. The van der Waals surface area contributed by atoms with Gasteiger partial charge in [-0.15, -0.1) is 0 Å². The predicted octanol–water partition coefficient (Wildman–Crippen LogP) is 2.57. The minimum Gasteiger partial charge on any atom is -0.388 e. The molecular formula is C13H19FN2O. The fraction of sp³-hybridized carbons (Fsp3) is 0.615. The van der Waals surface area contributed by atoms with Gasteiger partial charge in [-0.1, -0.05) is 19.8 Å². The predicted molar refractivity (Wildman–Crippen MR) is 65.3 cm³/mol. The van der Waals surface area contributed by atoms with Gasteiger partial charge in [0.1, 0.15) is 11.6 Å². The van der Waals surface area contributed by atoms with Gasteiger partial charge in [0, 0.05) is 6.54 Å². The maximum atomic E-state index is 12.7. The molecule has 1 heterocycles. The molecule has 1 aliphatic carbocycles. The Hall–Kier alpha value is -1.16. The Kier molecular flexibility index (Phi) is 3.62. The summed E-state index contributed by atoms with van der Waals surface area (Å²) in [4.78, 5) is 3.92. The molecule has 3 nitrogen and oxygen atoms in total. The SMILES string of the molecule is CC1CCCC(O)(CNc2ccc(F)cn2)C1. The minimum atomic E-state index is -0.645. The number of rotatable bonds is 3. The molecule has 0 saturated heterocycles. The van der Waals surface area contributed by atoms with Gasteiger partial charge in [-0.3, -0.25) is 0 Å². The van der Waals surface area contributed by atoms with Crippen molar-refractivity contribution in [2.45, 2.75) is 38.2 Å². The van der Waals surface area contributed by atoms with Crippen LogP contribution in [0.4, 0.5) is 10.2 Å². The van der Waals surface area contributed by atoms with E-state index in [1.54, 1.807) is 6.07 Å². The fourth-order valence-electron chi connectivity index (χ4n) is 2.53. The quantitative estimate of drug-likeness (QED) is 0.850. The van der Waals surface area contributed by atoms with Gasteiger partial charge < -0.3 is 10.4 Å². The van der Waals surface area contributed by atoms with Gasteiger partial charge in [-0.2, -0.15) is 0 Å². The molecule has 0 amide bonds. The van der Waals surface area contributed by atoms with Crippen LogP contribution in [-0.2, 0) is 0 Å². The van der Waals surface area contributed by atoms with Gasteiger partial charge >= 0.3 is 0 Å². The zero-order valence-electron chi connectivity index (χ0n) is 10.1. The van der Waals surface area contributed by atoms with Crippen LogP contribution in [0.5, 0.6) is 0 Å². The molecule has 0 aromatic carbocycles. The molecule has 2 rings (SSSR count). The molecule has 94 valence electrons. The third-order valence-corrected chi connectivity index (χ3v) is 3.39. The van der Waals surface area contributed by atoms with E-state index in [1.807, 2.05) is 0 Å². The van der Waals surface area contributed by atoms with Crippen molar-refractivity contribution in [1.29, 1.82) is 0 Å². The number of nitrogens with one attached hydrogen (secondary N) is 1. The lowest BCUT2D eigenvalue weighted by Crippen LogP contribution is -2.41. The summed E-state index contributed by atoms with van der Waals surface area (Å²) in [5.74, 6) is 0.829. The van der Waals surface area contributed by atoms with Crippen LogP contribution in [-0.4, -0.2) is 22.2 Å². The molecule has 0 radical (unpaired) electrons. The Labute approximate surface area is 101 Å². The van der Waals surface area contributed by atoms with Crippen molar-refractivity contribution < 1.29 is 9.50 Å². The number of aromatic nitrogens is 1. The Morgan fingerprint density at radius 1 is 1.59 bits per heavy atom. The maximum absolute atomic E-state index is 12.7. The number of pyridine rings is 1. The van der Waals surface area contributed by atoms with Gasteiger partial charge in [0.2, 0.25) is 0 Å². The van der Waals surface area contributed by atoms with E-state index >= 15 is 0 Å². The van der Waals surface area contributed by atoms with Crippen LogP contribution < -0.4 is 5.32 Å². The second-order valence-corrected chi connectivity index (χ2v) is 5.14. The normalized spacial score (nSPS) is 29.0. The molecule has 0 spiro atoms. The summed E-state index contributed by atoms with van der Waals surface area (Å²) in [7, 11) is 0. The Morgan fingerprint density at radius 3 is 3.06 bits per heavy atom. The van der Waals surface area contributed by atoms with E-state index < -0.39 is 5.60 Å². The van der Waals surface area contributed by atoms with E-state index in [2.05, 4.69) is 17.2 Å². The highest BCUT2D eigenvalue weighted by molar-refractivity contribution is 5.34. The number of nitrogens with zero attached hydrogens (tertiary/aromatic N) is 1. The van der Waals surface area contributed by atoms with Crippen molar-refractivity contribution in [2.75, 3.05) is 11.9 Å². The Balaban J connectivity index is 1.90. The van der Waals surface area contributed by atoms with Crippen molar-refractivity contribution in [3.63, 3.8) is 0 Å². The fourth-order valence-corrected chi connectivity index (χ4v) is 2.53. The van der Waals surface area contributed by atoms with Crippen LogP contribution in [0, 0.1) is 11.7 Å². The first-order valence-corrected chi connectivity index (χ1v) is 6.15. The highest BCUT2D eigenvalue weighted by Crippen LogP contribution is 2.32. The van der Waals surface area contributed by atoms with Gasteiger partial charge in [0.25, 0.3) is 0 Å². The summed E-state index contributed by atoms with van der Waals surface area (Å²) in [6, 6.07) is 2.95. The molecule has 2 atom stereocenters. The van der Waals surface area contributed by atoms with Crippen LogP contribution in [0.15, 0.2) is 18.3 Å². The van der Waals surface area contributed by atoms with E-state index in [1.165, 1.54) is 18.7 Å². The largest absolute Gasteiger partial charge is 0.388 e. The zero-order chi connectivity index (χ0) is 12.3. The maximum Gasteiger partial charge on any atom is 0.141 e. The molecule has 4 heteroatoms. The lowest BCUT2D eigenvalue weighted by molar-refractivity contribution is -0.000825. The van der Waals surface area contributed by atoms with Crippen molar-refractivity contribution in [3.05, 3.63) is 24.1 Å². The first-order chi connectivity index (χ1) is 8.07. The molecule has 1 aromatic heterocycles. The van der Waals surface area contributed by atoms with E-state index in [-0.39, 0.29) is 5.82 Å². The summed E-state index contributed by atoms with van der Waals surface area (Å²) >= 11 is 0. The molecular weight excluding hydrogens is 219 g/mol. The third kappa shape index (κ3) is 3.40. The van der Waals surface area contributed by atoms with Gasteiger partial charge in [0.05, 0.1) is 11.8 Å². The molecule has 1 fully saturated rings. The molecule has 17 heavy (non-hydrogen) atoms. The van der Waals surface area contributed by atoms with Crippen LogP contribution in [0.2, 0.25) is 0 Å². The van der Waals surface area contributed by atoms with E-state index in [4.69, 9.17) is 0 Å². The number of hydrogen-bond donors (Lipinski definition) is 2. The highest BCUT2D eigenvalue weighted by atomic mass is 19.1. The average Bonchev–Trinajstić information content (AvgIpc) is 2.28. The van der Waals surface area contributed by atoms with Gasteiger partial charge in [-0.05, 0) is 30.9 Å². The Bertz CT molecular complexity index is 368. The summed E-state index contributed by atoms with van der Waals surface area (Å²) in [5, 5.41) is 13.5.